The van der Waals surface area contributed by atoms with Crippen LogP contribution < -0.4 is 0 Å². The van der Waals surface area contributed by atoms with Gasteiger partial charge < -0.3 is 4.42 Å². The van der Waals surface area contributed by atoms with Gasteiger partial charge in [0, 0.05) is 45.5 Å². The van der Waals surface area contributed by atoms with Crippen molar-refractivity contribution in [3.05, 3.63) is 52.1 Å². The molecule has 8 heteroatoms. The molecule has 0 radical (unpaired) electrons. The molecule has 1 aliphatic rings. The second kappa shape index (κ2) is 10.4. The number of rotatable bonds is 5. The zero-order chi connectivity index (χ0) is 20.8. The number of furan rings is 1. The Labute approximate surface area is 182 Å². The van der Waals surface area contributed by atoms with Crippen molar-refractivity contribution >= 4 is 62.7 Å². The van der Waals surface area contributed by atoms with Crippen LogP contribution in [0.2, 0.25) is 5.02 Å². The number of hydrogen-bond donors (Lipinski definition) is 0. The summed E-state index contributed by atoms with van der Waals surface area (Å²) in [4.78, 5) is 14.7. The average molecular weight is 456 g/mol. The Morgan fingerprint density at radius 1 is 1.25 bits per heavy atom. The summed E-state index contributed by atoms with van der Waals surface area (Å²) in [6.45, 7) is 5.85. The van der Waals surface area contributed by atoms with Crippen LogP contribution in [0.3, 0.4) is 0 Å². The Morgan fingerprint density at radius 2 is 1.89 bits per heavy atom. The quantitative estimate of drug-likeness (QED) is 0.434. The van der Waals surface area contributed by atoms with Gasteiger partial charge in [-0.1, -0.05) is 49.4 Å². The lowest BCUT2D eigenvalue weighted by atomic mass is 10.2. The van der Waals surface area contributed by atoms with Crippen LogP contribution >= 0.6 is 35.6 Å². The van der Waals surface area contributed by atoms with Gasteiger partial charge in [0.15, 0.2) is 0 Å². The van der Waals surface area contributed by atoms with E-state index in [4.69, 9.17) is 28.2 Å². The maximum Gasteiger partial charge on any atom is 0.266 e. The zero-order valence-corrected chi connectivity index (χ0v) is 19.3. The topological polar surface area (TPSA) is 50.5 Å². The third-order valence-electron chi connectivity index (χ3n) is 3.77. The minimum Gasteiger partial charge on any atom is -0.457 e. The number of hydrogen-bond acceptors (Lipinski definition) is 5. The van der Waals surface area contributed by atoms with E-state index in [1.807, 2.05) is 39.0 Å². The van der Waals surface area contributed by atoms with Crippen molar-refractivity contribution < 1.29 is 13.4 Å². The molecule has 150 valence electrons. The average Bonchev–Trinajstić information content (AvgIpc) is 3.22. The Morgan fingerprint density at radius 3 is 2.50 bits per heavy atom. The molecule has 1 aromatic heterocycles. The largest absolute Gasteiger partial charge is 0.457 e. The summed E-state index contributed by atoms with van der Waals surface area (Å²) in [6.07, 6.45) is 3.31. The summed E-state index contributed by atoms with van der Waals surface area (Å²) in [7, 11) is -1.00. The fourth-order valence-corrected chi connectivity index (χ4v) is 5.00. The lowest BCUT2D eigenvalue weighted by Gasteiger charge is -2.21. The first kappa shape index (κ1) is 22.9. The number of benzene rings is 1. The molecule has 1 aliphatic heterocycles. The van der Waals surface area contributed by atoms with Crippen LogP contribution in [0.15, 0.2) is 45.7 Å². The molecule has 1 saturated heterocycles. The van der Waals surface area contributed by atoms with E-state index in [-0.39, 0.29) is 11.9 Å². The Bertz CT molecular complexity index is 906. The highest BCUT2D eigenvalue weighted by molar-refractivity contribution is 8.26. The first-order valence-corrected chi connectivity index (χ1v) is 12.1. The minimum atomic E-state index is -1.00. The first-order valence-electron chi connectivity index (χ1n) is 8.78. The predicted octanol–water partition coefficient (Wildman–Crippen LogP) is 5.59. The molecule has 2 aromatic rings. The smallest absolute Gasteiger partial charge is 0.266 e. The summed E-state index contributed by atoms with van der Waals surface area (Å²) in [5.41, 5.74) is 0.903. The maximum absolute atomic E-state index is 12.7. The number of thioether (sulfide) groups is 1. The molecule has 0 spiro atoms. The van der Waals surface area contributed by atoms with Crippen molar-refractivity contribution in [1.82, 2.24) is 4.90 Å². The molecular weight excluding hydrogens is 434 g/mol. The van der Waals surface area contributed by atoms with Crippen LogP contribution in [0.5, 0.6) is 0 Å². The minimum absolute atomic E-state index is 0.178. The van der Waals surface area contributed by atoms with Gasteiger partial charge in [0.1, 0.15) is 15.8 Å². The van der Waals surface area contributed by atoms with E-state index >= 15 is 0 Å². The summed E-state index contributed by atoms with van der Waals surface area (Å²) in [6, 6.07) is 10.8. The fraction of sp³-hybridized carbons (Fsp3) is 0.300. The van der Waals surface area contributed by atoms with Gasteiger partial charge in [0.25, 0.3) is 5.91 Å². The van der Waals surface area contributed by atoms with Crippen LogP contribution in [0.1, 0.15) is 26.5 Å². The SMILES string of the molecule is CC.CC(CS(C)=O)N1C(=O)/C(=C\c2ccc(-c3ccc(Cl)cc3)o2)SC1=S. The van der Waals surface area contributed by atoms with Gasteiger partial charge in [0.2, 0.25) is 0 Å². The fourth-order valence-electron chi connectivity index (χ4n) is 2.60. The summed E-state index contributed by atoms with van der Waals surface area (Å²) in [5.74, 6) is 1.48. The van der Waals surface area contributed by atoms with E-state index in [2.05, 4.69) is 0 Å². The van der Waals surface area contributed by atoms with E-state index in [0.717, 1.165) is 5.56 Å². The summed E-state index contributed by atoms with van der Waals surface area (Å²) >= 11 is 12.5. The molecule has 4 nitrogen and oxygen atoms in total. The molecule has 2 heterocycles. The lowest BCUT2D eigenvalue weighted by molar-refractivity contribution is -0.123. The second-order valence-electron chi connectivity index (χ2n) is 5.85. The van der Waals surface area contributed by atoms with Gasteiger partial charge in [-0.25, -0.2) is 0 Å². The Hall–Kier alpha value is -1.41. The van der Waals surface area contributed by atoms with Gasteiger partial charge in [0.05, 0.1) is 4.91 Å². The molecule has 0 bridgehead atoms. The van der Waals surface area contributed by atoms with Crippen molar-refractivity contribution in [3.63, 3.8) is 0 Å². The van der Waals surface area contributed by atoms with Crippen LogP contribution in [0.4, 0.5) is 0 Å². The van der Waals surface area contributed by atoms with E-state index in [1.54, 1.807) is 30.5 Å². The third-order valence-corrected chi connectivity index (χ3v) is 6.30. The highest BCUT2D eigenvalue weighted by Gasteiger charge is 2.35. The Balaban J connectivity index is 0.00000136. The first-order chi connectivity index (χ1) is 13.3. The normalized spacial score (nSPS) is 17.5. The number of thiocarbonyl (C=S) groups is 1. The summed E-state index contributed by atoms with van der Waals surface area (Å²) < 4.78 is 17.7. The van der Waals surface area contributed by atoms with Crippen LogP contribution in [-0.2, 0) is 15.6 Å². The molecule has 1 fully saturated rings. The van der Waals surface area contributed by atoms with E-state index < -0.39 is 10.8 Å². The molecule has 1 amide bonds. The lowest BCUT2D eigenvalue weighted by Crippen LogP contribution is -2.39. The number of halogens is 1. The van der Waals surface area contributed by atoms with E-state index in [9.17, 15) is 9.00 Å². The standard InChI is InChI=1S/C18H16ClNO3S3.C2H6/c1-11(10-26(2)22)20-17(21)16(25-18(20)24)9-14-7-8-15(23-14)12-3-5-13(19)6-4-12;1-2/h3-9,11H,10H2,1-2H3;1-2H3/b16-9+;. The molecule has 0 N–H and O–H groups in total. The van der Waals surface area contributed by atoms with Gasteiger partial charge in [-0.3, -0.25) is 13.9 Å². The van der Waals surface area contributed by atoms with Crippen molar-refractivity contribution in [1.29, 1.82) is 0 Å². The van der Waals surface area contributed by atoms with E-state index in [0.29, 0.717) is 31.5 Å². The second-order valence-corrected chi connectivity index (χ2v) is 9.44. The number of carbonyl (C=O) groups is 1. The maximum atomic E-state index is 12.7. The highest BCUT2D eigenvalue weighted by atomic mass is 35.5. The molecule has 0 saturated carbocycles. The number of nitrogens with zero attached hydrogens (tertiary/aromatic N) is 1. The zero-order valence-electron chi connectivity index (χ0n) is 16.1. The third kappa shape index (κ3) is 5.56. The molecule has 0 aliphatic carbocycles. The van der Waals surface area contributed by atoms with Crippen molar-refractivity contribution in [3.8, 4) is 11.3 Å². The molecular formula is C20H22ClNO3S3. The molecule has 2 atom stereocenters. The molecule has 28 heavy (non-hydrogen) atoms. The van der Waals surface area contributed by atoms with Crippen LogP contribution in [-0.4, -0.2) is 37.4 Å². The van der Waals surface area contributed by atoms with Gasteiger partial charge >= 0.3 is 0 Å². The molecule has 3 rings (SSSR count). The van der Waals surface area contributed by atoms with E-state index in [1.165, 1.54) is 16.7 Å². The highest BCUT2D eigenvalue weighted by Crippen LogP contribution is 2.35. The van der Waals surface area contributed by atoms with Crippen LogP contribution in [0, 0.1) is 0 Å². The summed E-state index contributed by atoms with van der Waals surface area (Å²) in [5, 5.41) is 0.659. The van der Waals surface area contributed by atoms with Gasteiger partial charge in [-0.2, -0.15) is 0 Å². The van der Waals surface area contributed by atoms with Crippen LogP contribution in [0.25, 0.3) is 17.4 Å². The predicted molar refractivity (Wildman–Crippen MR) is 124 cm³/mol. The van der Waals surface area contributed by atoms with Gasteiger partial charge in [-0.15, -0.1) is 0 Å². The number of amides is 1. The Kier molecular flexibility index (Phi) is 8.49. The van der Waals surface area contributed by atoms with Crippen molar-refractivity contribution in [2.24, 2.45) is 0 Å². The number of carbonyl (C=O) groups excluding carboxylic acids is 1. The monoisotopic (exact) mass is 455 g/mol. The molecule has 1 aromatic carbocycles. The van der Waals surface area contributed by atoms with Crippen molar-refractivity contribution in [2.45, 2.75) is 26.8 Å². The van der Waals surface area contributed by atoms with Gasteiger partial charge in [-0.05, 0) is 43.3 Å². The molecule has 2 unspecified atom stereocenters. The van der Waals surface area contributed by atoms with Crippen molar-refractivity contribution in [2.75, 3.05) is 12.0 Å².